The molecule has 0 saturated heterocycles. The van der Waals surface area contributed by atoms with Crippen molar-refractivity contribution >= 4 is 17.3 Å². The molecule has 3 nitrogen and oxygen atoms in total. The molecule has 0 fully saturated rings. The van der Waals surface area contributed by atoms with Gasteiger partial charge in [-0.2, -0.15) is 8.78 Å². The lowest BCUT2D eigenvalue weighted by Gasteiger charge is -2.14. The third kappa shape index (κ3) is 4.56. The molecule has 25 heavy (non-hydrogen) atoms. The highest BCUT2D eigenvalue weighted by Crippen LogP contribution is 2.27. The van der Waals surface area contributed by atoms with Gasteiger partial charge in [0.2, 0.25) is 0 Å². The van der Waals surface area contributed by atoms with E-state index in [0.29, 0.717) is 0 Å². The first-order chi connectivity index (χ1) is 11.8. The molecule has 0 bridgehead atoms. The summed E-state index contributed by atoms with van der Waals surface area (Å²) in [5.41, 5.74) is -0.403. The summed E-state index contributed by atoms with van der Waals surface area (Å²) in [5, 5.41) is 0. The van der Waals surface area contributed by atoms with Gasteiger partial charge in [0, 0.05) is 17.2 Å². The summed E-state index contributed by atoms with van der Waals surface area (Å²) in [4.78, 5) is 24.1. The van der Waals surface area contributed by atoms with E-state index in [-0.39, 0.29) is 23.8 Å². The second-order valence-electron chi connectivity index (χ2n) is 5.11. The smallest absolute Gasteiger partial charge is 0.381 e. The van der Waals surface area contributed by atoms with Crippen molar-refractivity contribution in [1.82, 2.24) is 0 Å². The first-order valence-corrected chi connectivity index (χ1v) is 7.48. The Kier molecular flexibility index (Phi) is 5.75. The number of rotatable bonds is 6. The van der Waals surface area contributed by atoms with Crippen LogP contribution >= 0.6 is 0 Å². The lowest BCUT2D eigenvalue weighted by atomic mass is 9.95. The molecule has 2 aromatic rings. The lowest BCUT2D eigenvalue weighted by Crippen LogP contribution is -2.29. The maximum atomic E-state index is 14.1. The van der Waals surface area contributed by atoms with Crippen LogP contribution in [0.2, 0.25) is 0 Å². The zero-order chi connectivity index (χ0) is 18.4. The van der Waals surface area contributed by atoms with E-state index in [9.17, 15) is 22.8 Å². The van der Waals surface area contributed by atoms with E-state index >= 15 is 0 Å². The number of hydrogen-bond donors (Lipinski definition) is 0. The number of hydrogen-bond acceptors (Lipinski definition) is 3. The molecule has 0 saturated carbocycles. The summed E-state index contributed by atoms with van der Waals surface area (Å²) in [6, 6.07) is 12.4. The first-order valence-electron chi connectivity index (χ1n) is 7.48. The molecule has 130 valence electrons. The van der Waals surface area contributed by atoms with Crippen LogP contribution in [0.4, 0.5) is 13.2 Å². The van der Waals surface area contributed by atoms with E-state index < -0.39 is 29.1 Å². The summed E-state index contributed by atoms with van der Waals surface area (Å²) in [6.07, 6.45) is 0.217. The van der Waals surface area contributed by atoms with Gasteiger partial charge in [-0.3, -0.25) is 4.79 Å². The molecule has 0 unspecified atom stereocenters. The normalized spacial score (nSPS) is 11.9. The molecule has 0 N–H and O–H groups in total. The van der Waals surface area contributed by atoms with E-state index in [1.54, 1.807) is 18.2 Å². The molecule has 2 rings (SSSR count). The van der Waals surface area contributed by atoms with Crippen LogP contribution < -0.4 is 0 Å². The Labute approximate surface area is 142 Å². The number of carbonyl (C=O) groups is 2. The van der Waals surface area contributed by atoms with Gasteiger partial charge in [-0.15, -0.1) is 0 Å². The number of Topliss-reactive ketones (excluding diaryl/α,β-unsaturated/α-hetero) is 1. The Hall–Kier alpha value is -2.89. The van der Waals surface area contributed by atoms with Crippen LogP contribution in [0.3, 0.4) is 0 Å². The van der Waals surface area contributed by atoms with Crippen molar-refractivity contribution in [3.63, 3.8) is 0 Å². The number of ether oxygens (including phenoxy) is 1. The second kappa shape index (κ2) is 7.79. The van der Waals surface area contributed by atoms with Crippen LogP contribution in [0, 0.1) is 5.82 Å². The minimum Gasteiger partial charge on any atom is -0.461 e. The molecule has 0 aliphatic rings. The third-order valence-corrected chi connectivity index (χ3v) is 3.29. The van der Waals surface area contributed by atoms with Crippen LogP contribution in [0.15, 0.2) is 60.7 Å². The van der Waals surface area contributed by atoms with Crippen LogP contribution in [0.1, 0.15) is 22.8 Å². The summed E-state index contributed by atoms with van der Waals surface area (Å²) in [7, 11) is 0. The summed E-state index contributed by atoms with van der Waals surface area (Å²) in [6.45, 7) is 1.16. The van der Waals surface area contributed by atoms with Crippen molar-refractivity contribution in [2.45, 2.75) is 12.8 Å². The molecule has 0 aromatic heterocycles. The van der Waals surface area contributed by atoms with E-state index in [0.717, 1.165) is 12.1 Å². The molecule has 2 aromatic carbocycles. The molecule has 0 aliphatic carbocycles. The largest absolute Gasteiger partial charge is 0.461 e. The van der Waals surface area contributed by atoms with Crippen LogP contribution in [-0.2, 0) is 9.53 Å². The van der Waals surface area contributed by atoms with Crippen LogP contribution in [0.5, 0.6) is 0 Å². The van der Waals surface area contributed by atoms with E-state index in [1.807, 2.05) is 0 Å². The van der Waals surface area contributed by atoms with Crippen molar-refractivity contribution in [2.75, 3.05) is 6.61 Å². The molecular weight excluding hydrogens is 333 g/mol. The van der Waals surface area contributed by atoms with Crippen molar-refractivity contribution in [3.8, 4) is 0 Å². The number of allylic oxidation sites excluding steroid dienone is 1. The van der Waals surface area contributed by atoms with Crippen LogP contribution in [0.25, 0.3) is 5.57 Å². The average molecular weight is 348 g/mol. The third-order valence-electron chi connectivity index (χ3n) is 3.29. The van der Waals surface area contributed by atoms with E-state index in [1.165, 1.54) is 31.2 Å². The van der Waals surface area contributed by atoms with Gasteiger partial charge < -0.3 is 4.74 Å². The highest BCUT2D eigenvalue weighted by Gasteiger charge is 2.39. The van der Waals surface area contributed by atoms with Gasteiger partial charge in [0.25, 0.3) is 0 Å². The van der Waals surface area contributed by atoms with Gasteiger partial charge in [0.1, 0.15) is 5.82 Å². The first kappa shape index (κ1) is 18.4. The topological polar surface area (TPSA) is 43.4 Å². The standard InChI is InChI=1S/C19H15F3O3/c1-2-25-18(24)19(21,22)12-16(14-9-6-10-15(20)11-14)17(23)13-7-4-3-5-8-13/h3-12H,2H2,1H3/b16-12+. The monoisotopic (exact) mass is 348 g/mol. The number of alkyl halides is 2. The van der Waals surface area contributed by atoms with Crippen molar-refractivity contribution in [2.24, 2.45) is 0 Å². The highest BCUT2D eigenvalue weighted by atomic mass is 19.3. The Balaban J connectivity index is 2.55. The maximum absolute atomic E-state index is 14.1. The molecule has 0 aliphatic heterocycles. The average Bonchev–Trinajstić information content (AvgIpc) is 2.60. The number of halogens is 3. The van der Waals surface area contributed by atoms with Crippen molar-refractivity contribution < 1.29 is 27.5 Å². The Morgan fingerprint density at radius 2 is 1.68 bits per heavy atom. The van der Waals surface area contributed by atoms with E-state index in [2.05, 4.69) is 4.74 Å². The Morgan fingerprint density at radius 3 is 2.28 bits per heavy atom. The maximum Gasteiger partial charge on any atom is 0.381 e. The van der Waals surface area contributed by atoms with Crippen molar-refractivity contribution in [1.29, 1.82) is 0 Å². The van der Waals surface area contributed by atoms with Gasteiger partial charge in [-0.25, -0.2) is 9.18 Å². The number of esters is 1. The fraction of sp³-hybridized carbons (Fsp3) is 0.158. The highest BCUT2D eigenvalue weighted by molar-refractivity contribution is 6.29. The summed E-state index contributed by atoms with van der Waals surface area (Å²) >= 11 is 0. The molecule has 0 heterocycles. The second-order valence-corrected chi connectivity index (χ2v) is 5.11. The predicted molar refractivity (Wildman–Crippen MR) is 86.7 cm³/mol. The van der Waals surface area contributed by atoms with Gasteiger partial charge in [0.15, 0.2) is 5.78 Å². The molecule has 0 radical (unpaired) electrons. The predicted octanol–water partition coefficient (Wildman–Crippen LogP) is 4.29. The fourth-order valence-corrected chi connectivity index (χ4v) is 2.15. The minimum atomic E-state index is -4.03. The Bertz CT molecular complexity index is 799. The van der Waals surface area contributed by atoms with Gasteiger partial charge in [-0.05, 0) is 24.6 Å². The molecule has 0 atom stereocenters. The minimum absolute atomic E-state index is 0.0576. The molecule has 0 amide bonds. The fourth-order valence-electron chi connectivity index (χ4n) is 2.15. The number of benzene rings is 2. The lowest BCUT2D eigenvalue weighted by molar-refractivity contribution is -0.164. The Morgan fingerprint density at radius 1 is 1.04 bits per heavy atom. The van der Waals surface area contributed by atoms with Gasteiger partial charge >= 0.3 is 11.9 Å². The summed E-state index contributed by atoms with van der Waals surface area (Å²) in [5.74, 6) is -7.24. The quantitative estimate of drug-likeness (QED) is 0.444. The molecule has 6 heteroatoms. The van der Waals surface area contributed by atoms with Crippen molar-refractivity contribution in [3.05, 3.63) is 77.6 Å². The van der Waals surface area contributed by atoms with Gasteiger partial charge in [0.05, 0.1) is 6.61 Å². The number of carbonyl (C=O) groups excluding carboxylic acids is 2. The SMILES string of the molecule is CCOC(=O)C(F)(F)/C=C(/C(=O)c1ccccc1)c1cccc(F)c1. The number of ketones is 1. The molecular formula is C19H15F3O3. The zero-order valence-electron chi connectivity index (χ0n) is 13.3. The van der Waals surface area contributed by atoms with Crippen LogP contribution in [-0.4, -0.2) is 24.3 Å². The van der Waals surface area contributed by atoms with Gasteiger partial charge in [-0.1, -0.05) is 42.5 Å². The van der Waals surface area contributed by atoms with E-state index in [4.69, 9.17) is 0 Å². The summed E-state index contributed by atoms with van der Waals surface area (Å²) < 4.78 is 46.1. The zero-order valence-corrected chi connectivity index (χ0v) is 13.3. The molecule has 0 spiro atoms.